The summed E-state index contributed by atoms with van der Waals surface area (Å²) in [5, 5.41) is 5.96. The molecule has 0 heterocycles. The Kier molecular flexibility index (Phi) is 11.1. The van der Waals surface area contributed by atoms with Crippen LogP contribution in [0.4, 0.5) is 4.79 Å². The first-order chi connectivity index (χ1) is 12.1. The predicted octanol–water partition coefficient (Wildman–Crippen LogP) is 2.37. The highest BCUT2D eigenvalue weighted by atomic mass is 16.5. The highest BCUT2D eigenvalue weighted by Crippen LogP contribution is 2.00. The standard InChI is InChI=1S/C19H31N3O3/c1-2-3-4-8-13-25-19(24)22-17(14-18(20)23)15-21-12-11-16-9-6-5-7-10-16/h5-7,9-10,17,21H,2-4,8,11-15H2,1H3,(H2,20,23)(H,22,24)/t17-/m1/s1. The van der Waals surface area contributed by atoms with Gasteiger partial charge in [-0.25, -0.2) is 4.79 Å². The van der Waals surface area contributed by atoms with Crippen molar-refractivity contribution in [3.8, 4) is 0 Å². The van der Waals surface area contributed by atoms with Gasteiger partial charge in [0.05, 0.1) is 12.6 Å². The maximum Gasteiger partial charge on any atom is 0.407 e. The van der Waals surface area contributed by atoms with Crippen LogP contribution in [0.5, 0.6) is 0 Å². The molecule has 0 spiro atoms. The van der Waals surface area contributed by atoms with E-state index in [0.717, 1.165) is 38.6 Å². The molecular weight excluding hydrogens is 318 g/mol. The van der Waals surface area contributed by atoms with Crippen LogP contribution in [0.15, 0.2) is 30.3 Å². The van der Waals surface area contributed by atoms with Gasteiger partial charge in [0.2, 0.25) is 5.91 Å². The van der Waals surface area contributed by atoms with Crippen LogP contribution in [-0.2, 0) is 16.0 Å². The van der Waals surface area contributed by atoms with Crippen molar-refractivity contribution in [2.45, 2.75) is 51.5 Å². The summed E-state index contributed by atoms with van der Waals surface area (Å²) >= 11 is 0. The summed E-state index contributed by atoms with van der Waals surface area (Å²) in [5.41, 5.74) is 6.50. The lowest BCUT2D eigenvalue weighted by Gasteiger charge is -2.18. The smallest absolute Gasteiger partial charge is 0.407 e. The Hall–Kier alpha value is -2.08. The summed E-state index contributed by atoms with van der Waals surface area (Å²) in [5.74, 6) is -0.446. The Morgan fingerprint density at radius 2 is 1.92 bits per heavy atom. The van der Waals surface area contributed by atoms with Crippen molar-refractivity contribution >= 4 is 12.0 Å². The molecule has 0 unspecified atom stereocenters. The maximum absolute atomic E-state index is 11.8. The number of nitrogens with one attached hydrogen (secondary N) is 2. The molecule has 0 aliphatic heterocycles. The molecule has 1 atom stereocenters. The fraction of sp³-hybridized carbons (Fsp3) is 0.579. The van der Waals surface area contributed by atoms with Gasteiger partial charge in [-0.1, -0.05) is 56.5 Å². The molecule has 0 aliphatic rings. The molecule has 4 N–H and O–H groups in total. The van der Waals surface area contributed by atoms with Crippen molar-refractivity contribution in [3.05, 3.63) is 35.9 Å². The third kappa shape index (κ3) is 11.2. The molecule has 6 heteroatoms. The molecule has 25 heavy (non-hydrogen) atoms. The van der Waals surface area contributed by atoms with E-state index >= 15 is 0 Å². The Balaban J connectivity index is 2.25. The average molecular weight is 349 g/mol. The summed E-state index contributed by atoms with van der Waals surface area (Å²) in [4.78, 5) is 23.0. The third-order valence-corrected chi connectivity index (χ3v) is 3.82. The van der Waals surface area contributed by atoms with E-state index in [-0.39, 0.29) is 12.5 Å². The van der Waals surface area contributed by atoms with E-state index in [0.29, 0.717) is 13.2 Å². The third-order valence-electron chi connectivity index (χ3n) is 3.82. The second kappa shape index (κ2) is 13.2. The van der Waals surface area contributed by atoms with Gasteiger partial charge < -0.3 is 21.1 Å². The second-order valence-electron chi connectivity index (χ2n) is 6.15. The van der Waals surface area contributed by atoms with Gasteiger partial charge in [0.15, 0.2) is 0 Å². The van der Waals surface area contributed by atoms with Crippen molar-refractivity contribution in [1.29, 1.82) is 0 Å². The lowest BCUT2D eigenvalue weighted by molar-refractivity contribution is -0.118. The Morgan fingerprint density at radius 1 is 1.16 bits per heavy atom. The molecule has 6 nitrogen and oxygen atoms in total. The number of benzene rings is 1. The molecular formula is C19H31N3O3. The first-order valence-corrected chi connectivity index (χ1v) is 9.08. The molecule has 0 fully saturated rings. The van der Waals surface area contributed by atoms with Gasteiger partial charge in [-0.3, -0.25) is 4.79 Å². The molecule has 0 saturated carbocycles. The number of primary amides is 1. The Bertz CT molecular complexity index is 494. The highest BCUT2D eigenvalue weighted by Gasteiger charge is 2.15. The number of carbonyl (C=O) groups excluding carboxylic acids is 2. The van der Waals surface area contributed by atoms with Gasteiger partial charge in [-0.15, -0.1) is 0 Å². The minimum absolute atomic E-state index is 0.0866. The average Bonchev–Trinajstić information content (AvgIpc) is 2.59. The van der Waals surface area contributed by atoms with Crippen LogP contribution in [0, 0.1) is 0 Å². The van der Waals surface area contributed by atoms with E-state index in [4.69, 9.17) is 10.5 Å². The van der Waals surface area contributed by atoms with Gasteiger partial charge >= 0.3 is 6.09 Å². The molecule has 1 aromatic carbocycles. The summed E-state index contributed by atoms with van der Waals surface area (Å²) in [6, 6.07) is 9.76. The van der Waals surface area contributed by atoms with Crippen LogP contribution in [0.3, 0.4) is 0 Å². The van der Waals surface area contributed by atoms with Gasteiger partial charge in [-0.2, -0.15) is 0 Å². The number of amides is 2. The van der Waals surface area contributed by atoms with Gasteiger partial charge in [-0.05, 0) is 24.9 Å². The van der Waals surface area contributed by atoms with Crippen molar-refractivity contribution in [2.24, 2.45) is 5.73 Å². The number of hydrogen-bond acceptors (Lipinski definition) is 4. The summed E-state index contributed by atoms with van der Waals surface area (Å²) in [6.07, 6.45) is 4.66. The van der Waals surface area contributed by atoms with Crippen LogP contribution >= 0.6 is 0 Å². The molecule has 1 rings (SSSR count). The quantitative estimate of drug-likeness (QED) is 0.477. The van der Waals surface area contributed by atoms with E-state index in [9.17, 15) is 9.59 Å². The Labute approximate surface area is 150 Å². The molecule has 140 valence electrons. The first kappa shape index (κ1) is 21.0. The van der Waals surface area contributed by atoms with E-state index in [1.807, 2.05) is 18.2 Å². The van der Waals surface area contributed by atoms with E-state index in [2.05, 4.69) is 29.7 Å². The van der Waals surface area contributed by atoms with E-state index in [1.54, 1.807) is 0 Å². The molecule has 0 radical (unpaired) electrons. The minimum atomic E-state index is -0.493. The molecule has 2 amide bonds. The van der Waals surface area contributed by atoms with E-state index < -0.39 is 12.0 Å². The minimum Gasteiger partial charge on any atom is -0.450 e. The topological polar surface area (TPSA) is 93.4 Å². The lowest BCUT2D eigenvalue weighted by Crippen LogP contribution is -2.45. The van der Waals surface area contributed by atoms with Crippen LogP contribution in [0.1, 0.15) is 44.6 Å². The van der Waals surface area contributed by atoms with E-state index in [1.165, 1.54) is 5.56 Å². The second-order valence-corrected chi connectivity index (χ2v) is 6.15. The molecule has 0 aromatic heterocycles. The van der Waals surface area contributed by atoms with Crippen LogP contribution in [0.25, 0.3) is 0 Å². The normalized spacial score (nSPS) is 11.7. The Morgan fingerprint density at radius 3 is 2.60 bits per heavy atom. The maximum atomic E-state index is 11.8. The number of unbranched alkanes of at least 4 members (excludes halogenated alkanes) is 3. The van der Waals surface area contributed by atoms with Crippen LogP contribution in [0.2, 0.25) is 0 Å². The lowest BCUT2D eigenvalue weighted by atomic mass is 10.1. The van der Waals surface area contributed by atoms with Gasteiger partial charge in [0.25, 0.3) is 0 Å². The number of carbonyl (C=O) groups is 2. The monoisotopic (exact) mass is 349 g/mol. The van der Waals surface area contributed by atoms with Crippen LogP contribution in [-0.4, -0.2) is 37.7 Å². The van der Waals surface area contributed by atoms with Crippen LogP contribution < -0.4 is 16.4 Å². The number of alkyl carbamates (subject to hydrolysis) is 1. The first-order valence-electron chi connectivity index (χ1n) is 9.08. The van der Waals surface area contributed by atoms with Crippen molar-refractivity contribution in [3.63, 3.8) is 0 Å². The number of nitrogens with two attached hydrogens (primary N) is 1. The molecule has 0 saturated heterocycles. The highest BCUT2D eigenvalue weighted by molar-refractivity contribution is 5.75. The molecule has 0 bridgehead atoms. The van der Waals surface area contributed by atoms with Crippen molar-refractivity contribution in [2.75, 3.05) is 19.7 Å². The number of rotatable bonds is 13. The zero-order valence-corrected chi connectivity index (χ0v) is 15.1. The molecule has 0 aliphatic carbocycles. The zero-order valence-electron chi connectivity index (χ0n) is 15.1. The summed E-state index contributed by atoms with van der Waals surface area (Å²) < 4.78 is 5.15. The van der Waals surface area contributed by atoms with Crippen molar-refractivity contribution < 1.29 is 14.3 Å². The summed E-state index contributed by atoms with van der Waals surface area (Å²) in [7, 11) is 0. The van der Waals surface area contributed by atoms with Crippen molar-refractivity contribution in [1.82, 2.24) is 10.6 Å². The number of ether oxygens (including phenoxy) is 1. The fourth-order valence-electron chi connectivity index (χ4n) is 2.47. The fourth-order valence-corrected chi connectivity index (χ4v) is 2.47. The molecule has 1 aromatic rings. The SMILES string of the molecule is CCCCCCOC(=O)N[C@@H](CNCCc1ccccc1)CC(N)=O. The zero-order chi connectivity index (χ0) is 18.3. The predicted molar refractivity (Wildman–Crippen MR) is 99.2 cm³/mol. The number of hydrogen-bond donors (Lipinski definition) is 3. The van der Waals surface area contributed by atoms with Gasteiger partial charge in [0, 0.05) is 13.0 Å². The summed E-state index contributed by atoms with van der Waals surface area (Å²) in [6.45, 7) is 3.76. The van der Waals surface area contributed by atoms with Gasteiger partial charge in [0.1, 0.15) is 0 Å². The largest absolute Gasteiger partial charge is 0.450 e.